The predicted octanol–water partition coefficient (Wildman–Crippen LogP) is 1.27. The molecule has 1 aliphatic rings. The summed E-state index contributed by atoms with van der Waals surface area (Å²) < 4.78 is 4.86. The van der Waals surface area contributed by atoms with Gasteiger partial charge >= 0.3 is 5.97 Å². The van der Waals surface area contributed by atoms with Crippen LogP contribution in [0.5, 0.6) is 0 Å². The molecule has 1 saturated heterocycles. The van der Waals surface area contributed by atoms with Crippen molar-refractivity contribution in [2.24, 2.45) is 0 Å². The second-order valence-electron chi connectivity index (χ2n) is 7.02. The highest BCUT2D eigenvalue weighted by Gasteiger charge is 2.45. The average molecular weight is 270 g/mol. The molecular weight excluding hydrogens is 244 g/mol. The van der Waals surface area contributed by atoms with Crippen molar-refractivity contribution >= 4 is 11.9 Å². The van der Waals surface area contributed by atoms with Crippen LogP contribution in [0.3, 0.4) is 0 Å². The van der Waals surface area contributed by atoms with Gasteiger partial charge in [0.05, 0.1) is 13.7 Å². The van der Waals surface area contributed by atoms with Crippen molar-refractivity contribution in [3.8, 4) is 0 Å². The highest BCUT2D eigenvalue weighted by molar-refractivity contribution is 5.87. The number of amides is 1. The molecule has 1 rings (SSSR count). The van der Waals surface area contributed by atoms with Gasteiger partial charge < -0.3 is 9.64 Å². The van der Waals surface area contributed by atoms with Gasteiger partial charge in [0.1, 0.15) is 6.04 Å². The minimum Gasteiger partial charge on any atom is -0.467 e. The maximum Gasteiger partial charge on any atom is 0.329 e. The third-order valence-electron chi connectivity index (χ3n) is 3.44. The van der Waals surface area contributed by atoms with Crippen molar-refractivity contribution in [2.45, 2.75) is 58.7 Å². The lowest BCUT2D eigenvalue weighted by Crippen LogP contribution is -2.67. The molecule has 0 N–H and O–H groups in total. The van der Waals surface area contributed by atoms with Gasteiger partial charge in [-0.15, -0.1) is 0 Å². The first-order valence-corrected chi connectivity index (χ1v) is 6.63. The van der Waals surface area contributed by atoms with Crippen LogP contribution in [0.25, 0.3) is 0 Å². The molecule has 0 spiro atoms. The third-order valence-corrected chi connectivity index (χ3v) is 3.44. The molecule has 0 aromatic rings. The number of esters is 1. The summed E-state index contributed by atoms with van der Waals surface area (Å²) >= 11 is 0. The van der Waals surface area contributed by atoms with Gasteiger partial charge in [0.25, 0.3) is 0 Å². The molecule has 0 aromatic carbocycles. The van der Waals surface area contributed by atoms with E-state index < -0.39 is 6.04 Å². The van der Waals surface area contributed by atoms with Crippen LogP contribution in [-0.4, -0.2) is 59.0 Å². The standard InChI is InChI=1S/C14H26N2O3/c1-13(2,3)15-8-10(12(18)19-7)16(11(17)9-15)14(4,5)6/h10H,8-9H2,1-7H3. The van der Waals surface area contributed by atoms with E-state index in [0.717, 1.165) is 0 Å². The van der Waals surface area contributed by atoms with Gasteiger partial charge in [-0.2, -0.15) is 0 Å². The summed E-state index contributed by atoms with van der Waals surface area (Å²) in [6.07, 6.45) is 0. The molecule has 0 radical (unpaired) electrons. The molecule has 1 aliphatic heterocycles. The van der Waals surface area contributed by atoms with Gasteiger partial charge in [-0.3, -0.25) is 9.69 Å². The molecular formula is C14H26N2O3. The number of carbonyl (C=O) groups excluding carboxylic acids is 2. The molecule has 0 saturated carbocycles. The minimum atomic E-state index is -0.537. The second-order valence-corrected chi connectivity index (χ2v) is 7.02. The lowest BCUT2D eigenvalue weighted by atomic mass is 9.96. The average Bonchev–Trinajstić information content (AvgIpc) is 2.23. The Hall–Kier alpha value is -1.10. The zero-order valence-electron chi connectivity index (χ0n) is 13.1. The monoisotopic (exact) mass is 270 g/mol. The van der Waals surface area contributed by atoms with Crippen molar-refractivity contribution in [1.29, 1.82) is 0 Å². The molecule has 1 amide bonds. The van der Waals surface area contributed by atoms with Crippen LogP contribution < -0.4 is 0 Å². The SMILES string of the molecule is COC(=O)C1CN(C(C)(C)C)CC(=O)N1C(C)(C)C. The largest absolute Gasteiger partial charge is 0.467 e. The maximum absolute atomic E-state index is 12.4. The normalized spacial score (nSPS) is 22.6. The molecule has 1 fully saturated rings. The van der Waals surface area contributed by atoms with E-state index in [1.807, 2.05) is 46.4 Å². The van der Waals surface area contributed by atoms with Gasteiger partial charge in [0.15, 0.2) is 0 Å². The number of ether oxygens (including phenoxy) is 1. The van der Waals surface area contributed by atoms with Crippen LogP contribution in [0.2, 0.25) is 0 Å². The Morgan fingerprint density at radius 2 is 1.68 bits per heavy atom. The lowest BCUT2D eigenvalue weighted by molar-refractivity contribution is -0.166. The molecule has 1 unspecified atom stereocenters. The van der Waals surface area contributed by atoms with E-state index in [-0.39, 0.29) is 23.0 Å². The number of nitrogens with zero attached hydrogens (tertiary/aromatic N) is 2. The summed E-state index contributed by atoms with van der Waals surface area (Å²) in [5, 5.41) is 0. The first kappa shape index (κ1) is 16.0. The second kappa shape index (κ2) is 5.12. The number of carbonyl (C=O) groups is 2. The number of methoxy groups -OCH3 is 1. The van der Waals surface area contributed by atoms with Crippen LogP contribution in [0.4, 0.5) is 0 Å². The highest BCUT2D eigenvalue weighted by Crippen LogP contribution is 2.26. The van der Waals surface area contributed by atoms with Crippen LogP contribution in [0, 0.1) is 0 Å². The zero-order valence-corrected chi connectivity index (χ0v) is 13.1. The van der Waals surface area contributed by atoms with Crippen molar-refractivity contribution in [3.63, 3.8) is 0 Å². The molecule has 1 atom stereocenters. The van der Waals surface area contributed by atoms with Crippen LogP contribution in [0.15, 0.2) is 0 Å². The highest BCUT2D eigenvalue weighted by atomic mass is 16.5. The van der Waals surface area contributed by atoms with Crippen LogP contribution in [-0.2, 0) is 14.3 Å². The fraction of sp³-hybridized carbons (Fsp3) is 0.857. The molecule has 5 nitrogen and oxygen atoms in total. The first-order valence-electron chi connectivity index (χ1n) is 6.63. The Balaban J connectivity index is 3.09. The molecule has 0 aromatic heterocycles. The van der Waals surface area contributed by atoms with E-state index in [0.29, 0.717) is 13.1 Å². The molecule has 19 heavy (non-hydrogen) atoms. The zero-order chi connectivity index (χ0) is 15.0. The summed E-state index contributed by atoms with van der Waals surface area (Å²) in [7, 11) is 1.36. The molecule has 0 aliphatic carbocycles. The summed E-state index contributed by atoms with van der Waals surface area (Å²) in [4.78, 5) is 28.1. The number of rotatable bonds is 1. The third kappa shape index (κ3) is 3.47. The molecule has 5 heteroatoms. The predicted molar refractivity (Wildman–Crippen MR) is 73.7 cm³/mol. The van der Waals surface area contributed by atoms with Gasteiger partial charge in [0, 0.05) is 17.6 Å². The Labute approximate surface area is 115 Å². The van der Waals surface area contributed by atoms with Gasteiger partial charge in [0.2, 0.25) is 5.91 Å². The van der Waals surface area contributed by atoms with Gasteiger partial charge in [-0.25, -0.2) is 4.79 Å². The van der Waals surface area contributed by atoms with E-state index in [4.69, 9.17) is 4.74 Å². The fourth-order valence-electron chi connectivity index (χ4n) is 2.44. The fourth-order valence-corrected chi connectivity index (χ4v) is 2.44. The van der Waals surface area contributed by atoms with E-state index in [2.05, 4.69) is 0 Å². The Bertz CT molecular complexity index is 366. The Morgan fingerprint density at radius 3 is 2.05 bits per heavy atom. The van der Waals surface area contributed by atoms with E-state index in [9.17, 15) is 9.59 Å². The quantitative estimate of drug-likeness (QED) is 0.673. The van der Waals surface area contributed by atoms with Crippen molar-refractivity contribution in [3.05, 3.63) is 0 Å². The number of hydrogen-bond donors (Lipinski definition) is 0. The smallest absolute Gasteiger partial charge is 0.329 e. The summed E-state index contributed by atoms with van der Waals surface area (Å²) in [5.41, 5.74) is -0.536. The van der Waals surface area contributed by atoms with Crippen molar-refractivity contribution < 1.29 is 14.3 Å². The lowest BCUT2D eigenvalue weighted by Gasteiger charge is -2.49. The molecule has 110 valence electrons. The Kier molecular flexibility index (Phi) is 4.30. The summed E-state index contributed by atoms with van der Waals surface area (Å²) in [6, 6.07) is -0.537. The summed E-state index contributed by atoms with van der Waals surface area (Å²) in [5.74, 6) is -0.374. The van der Waals surface area contributed by atoms with Crippen LogP contribution >= 0.6 is 0 Å². The van der Waals surface area contributed by atoms with Gasteiger partial charge in [-0.1, -0.05) is 0 Å². The van der Waals surface area contributed by atoms with E-state index in [1.165, 1.54) is 7.11 Å². The van der Waals surface area contributed by atoms with E-state index >= 15 is 0 Å². The van der Waals surface area contributed by atoms with Gasteiger partial charge in [-0.05, 0) is 41.5 Å². The molecule has 0 bridgehead atoms. The molecule has 1 heterocycles. The summed E-state index contributed by atoms with van der Waals surface area (Å²) in [6.45, 7) is 12.8. The van der Waals surface area contributed by atoms with Crippen molar-refractivity contribution in [2.75, 3.05) is 20.2 Å². The van der Waals surface area contributed by atoms with Crippen LogP contribution in [0.1, 0.15) is 41.5 Å². The topological polar surface area (TPSA) is 49.9 Å². The minimum absolute atomic E-state index is 0.0240. The van der Waals surface area contributed by atoms with E-state index in [1.54, 1.807) is 4.90 Å². The first-order chi connectivity index (χ1) is 8.48. The number of piperazine rings is 1. The number of hydrogen-bond acceptors (Lipinski definition) is 4. The maximum atomic E-state index is 12.4. The Morgan fingerprint density at radius 1 is 1.16 bits per heavy atom. The van der Waals surface area contributed by atoms with Crippen molar-refractivity contribution in [1.82, 2.24) is 9.80 Å².